The summed E-state index contributed by atoms with van der Waals surface area (Å²) in [7, 11) is 0. The lowest BCUT2D eigenvalue weighted by molar-refractivity contribution is -0.120. The molecule has 0 radical (unpaired) electrons. The maximum Gasteiger partial charge on any atom is 0.226 e. The lowest BCUT2D eigenvalue weighted by Gasteiger charge is -2.25. The highest BCUT2D eigenvalue weighted by Crippen LogP contribution is 2.16. The molecule has 5 heteroatoms. The summed E-state index contributed by atoms with van der Waals surface area (Å²) in [6.07, 6.45) is 4.29. The summed E-state index contributed by atoms with van der Waals surface area (Å²) in [6.45, 7) is 5.91. The quantitative estimate of drug-likeness (QED) is 0.875. The molecule has 1 N–H and O–H groups in total. The van der Waals surface area contributed by atoms with Crippen molar-refractivity contribution in [1.82, 2.24) is 15.2 Å². The van der Waals surface area contributed by atoms with E-state index in [1.807, 2.05) is 5.38 Å². The fraction of sp³-hybridized carbons (Fsp3) is 0.474. The van der Waals surface area contributed by atoms with E-state index in [-0.39, 0.29) is 5.91 Å². The molecule has 0 unspecified atom stereocenters. The second-order valence-corrected chi connectivity index (χ2v) is 7.45. The topological polar surface area (TPSA) is 45.2 Å². The lowest BCUT2D eigenvalue weighted by Crippen LogP contribution is -2.29. The van der Waals surface area contributed by atoms with Crippen molar-refractivity contribution in [3.05, 3.63) is 51.5 Å². The molecule has 24 heavy (non-hydrogen) atoms. The first-order valence-corrected chi connectivity index (χ1v) is 9.55. The Balaban J connectivity index is 1.45. The number of aromatic nitrogens is 1. The zero-order chi connectivity index (χ0) is 16.8. The minimum Gasteiger partial charge on any atom is -0.352 e. The lowest BCUT2D eigenvalue weighted by atomic mass is 10.1. The van der Waals surface area contributed by atoms with Gasteiger partial charge in [0.15, 0.2) is 0 Å². The Morgan fingerprint density at radius 2 is 1.96 bits per heavy atom. The van der Waals surface area contributed by atoms with Crippen LogP contribution in [0.5, 0.6) is 0 Å². The molecule has 2 heterocycles. The second-order valence-electron chi connectivity index (χ2n) is 6.51. The van der Waals surface area contributed by atoms with Crippen LogP contribution in [-0.2, 0) is 24.3 Å². The largest absolute Gasteiger partial charge is 0.352 e. The highest BCUT2D eigenvalue weighted by Gasteiger charge is 2.13. The standard InChI is InChI=1S/C19H25N3OS/c1-15-5-7-16(8-6-15)12-20-18(23)11-17-14-24-19(21-17)13-22-9-3-2-4-10-22/h5-8,14H,2-4,9-13H2,1H3,(H,20,23). The Morgan fingerprint density at radius 1 is 1.21 bits per heavy atom. The maximum absolute atomic E-state index is 12.1. The molecule has 1 saturated heterocycles. The molecule has 3 rings (SSSR count). The molecule has 0 spiro atoms. The van der Waals surface area contributed by atoms with E-state index in [0.717, 1.165) is 22.8 Å². The fourth-order valence-corrected chi connectivity index (χ4v) is 3.78. The number of benzene rings is 1. The minimum absolute atomic E-state index is 0.0328. The van der Waals surface area contributed by atoms with E-state index in [0.29, 0.717) is 13.0 Å². The third kappa shape index (κ3) is 5.14. The number of carbonyl (C=O) groups excluding carboxylic acids is 1. The Kier molecular flexibility index (Phi) is 5.99. The van der Waals surface area contributed by atoms with Gasteiger partial charge in [-0.2, -0.15) is 0 Å². The number of piperidine rings is 1. The average Bonchev–Trinajstić information content (AvgIpc) is 3.02. The molecule has 2 aromatic rings. The average molecular weight is 343 g/mol. The summed E-state index contributed by atoms with van der Waals surface area (Å²) in [4.78, 5) is 19.2. The van der Waals surface area contributed by atoms with Crippen molar-refractivity contribution in [2.24, 2.45) is 0 Å². The molecular formula is C19H25N3OS. The fourth-order valence-electron chi connectivity index (χ4n) is 2.95. The number of carbonyl (C=O) groups is 1. The molecule has 1 aliphatic heterocycles. The van der Waals surface area contributed by atoms with Crippen LogP contribution in [-0.4, -0.2) is 28.9 Å². The number of amides is 1. The smallest absolute Gasteiger partial charge is 0.226 e. The van der Waals surface area contributed by atoms with Crippen LogP contribution in [0.15, 0.2) is 29.6 Å². The molecule has 1 fully saturated rings. The van der Waals surface area contributed by atoms with E-state index < -0.39 is 0 Å². The van der Waals surface area contributed by atoms with Crippen molar-refractivity contribution < 1.29 is 4.79 Å². The molecule has 4 nitrogen and oxygen atoms in total. The number of hydrogen-bond donors (Lipinski definition) is 1. The van der Waals surface area contributed by atoms with Gasteiger partial charge in [0, 0.05) is 11.9 Å². The molecule has 0 atom stereocenters. The normalized spacial score (nSPS) is 15.4. The van der Waals surface area contributed by atoms with E-state index in [4.69, 9.17) is 0 Å². The summed E-state index contributed by atoms with van der Waals surface area (Å²) in [5, 5.41) is 6.11. The zero-order valence-electron chi connectivity index (χ0n) is 14.3. The molecule has 0 saturated carbocycles. The number of nitrogens with zero attached hydrogens (tertiary/aromatic N) is 2. The van der Waals surface area contributed by atoms with Crippen molar-refractivity contribution in [2.45, 2.75) is 45.7 Å². The third-order valence-corrected chi connectivity index (χ3v) is 5.24. The zero-order valence-corrected chi connectivity index (χ0v) is 15.1. The molecule has 1 amide bonds. The predicted molar refractivity (Wildman–Crippen MR) is 98.0 cm³/mol. The number of hydrogen-bond acceptors (Lipinski definition) is 4. The molecule has 1 aliphatic rings. The molecule has 128 valence electrons. The van der Waals surface area contributed by atoms with Gasteiger partial charge in [-0.25, -0.2) is 4.98 Å². The van der Waals surface area contributed by atoms with Crippen LogP contribution in [0.3, 0.4) is 0 Å². The first-order chi connectivity index (χ1) is 11.7. The predicted octanol–water partition coefficient (Wildman–Crippen LogP) is 3.30. The highest BCUT2D eigenvalue weighted by molar-refractivity contribution is 7.09. The van der Waals surface area contributed by atoms with E-state index in [1.165, 1.54) is 37.9 Å². The van der Waals surface area contributed by atoms with Crippen molar-refractivity contribution in [1.29, 1.82) is 0 Å². The molecular weight excluding hydrogens is 318 g/mol. The van der Waals surface area contributed by atoms with Crippen LogP contribution < -0.4 is 5.32 Å². The summed E-state index contributed by atoms with van der Waals surface area (Å²) < 4.78 is 0. The second kappa shape index (κ2) is 8.40. The van der Waals surface area contributed by atoms with Crippen molar-refractivity contribution >= 4 is 17.2 Å². The van der Waals surface area contributed by atoms with Crippen LogP contribution in [0.4, 0.5) is 0 Å². The third-order valence-electron chi connectivity index (χ3n) is 4.36. The first kappa shape index (κ1) is 17.1. The summed E-state index contributed by atoms with van der Waals surface area (Å²) in [6, 6.07) is 8.23. The van der Waals surface area contributed by atoms with Gasteiger partial charge in [-0.05, 0) is 38.4 Å². The van der Waals surface area contributed by atoms with Crippen molar-refractivity contribution in [3.63, 3.8) is 0 Å². The van der Waals surface area contributed by atoms with Gasteiger partial charge in [0.05, 0.1) is 18.7 Å². The molecule has 1 aromatic heterocycles. The van der Waals surface area contributed by atoms with Crippen molar-refractivity contribution in [2.75, 3.05) is 13.1 Å². The van der Waals surface area contributed by atoms with E-state index in [9.17, 15) is 4.79 Å². The van der Waals surface area contributed by atoms with E-state index >= 15 is 0 Å². The van der Waals surface area contributed by atoms with Gasteiger partial charge in [0.2, 0.25) is 5.91 Å². The maximum atomic E-state index is 12.1. The van der Waals surface area contributed by atoms with Gasteiger partial charge in [0.1, 0.15) is 5.01 Å². The van der Waals surface area contributed by atoms with Gasteiger partial charge in [-0.3, -0.25) is 9.69 Å². The molecule has 1 aromatic carbocycles. The molecule has 0 bridgehead atoms. The van der Waals surface area contributed by atoms with E-state index in [2.05, 4.69) is 46.4 Å². The number of aryl methyl sites for hydroxylation is 1. The van der Waals surface area contributed by atoms with Gasteiger partial charge < -0.3 is 5.32 Å². The van der Waals surface area contributed by atoms with Crippen LogP contribution in [0.25, 0.3) is 0 Å². The number of nitrogens with one attached hydrogen (secondary N) is 1. The SMILES string of the molecule is Cc1ccc(CNC(=O)Cc2csc(CN3CCCCC3)n2)cc1. The number of likely N-dealkylation sites (tertiary alicyclic amines) is 1. The first-order valence-electron chi connectivity index (χ1n) is 8.67. The minimum atomic E-state index is 0.0328. The Bertz CT molecular complexity index is 660. The Labute approximate surface area is 147 Å². The van der Waals surface area contributed by atoms with E-state index in [1.54, 1.807) is 11.3 Å². The monoisotopic (exact) mass is 343 g/mol. The van der Waals surface area contributed by atoms with Crippen LogP contribution >= 0.6 is 11.3 Å². The summed E-state index contributed by atoms with van der Waals surface area (Å²) >= 11 is 1.67. The Morgan fingerprint density at radius 3 is 2.71 bits per heavy atom. The Hall–Kier alpha value is -1.72. The molecule has 0 aliphatic carbocycles. The van der Waals surface area contributed by atoms with Gasteiger partial charge in [-0.15, -0.1) is 11.3 Å². The van der Waals surface area contributed by atoms with Gasteiger partial charge >= 0.3 is 0 Å². The summed E-state index contributed by atoms with van der Waals surface area (Å²) in [5.41, 5.74) is 3.24. The number of thiazole rings is 1. The number of rotatable bonds is 6. The summed E-state index contributed by atoms with van der Waals surface area (Å²) in [5.74, 6) is 0.0328. The van der Waals surface area contributed by atoms with Crippen molar-refractivity contribution in [3.8, 4) is 0 Å². The highest BCUT2D eigenvalue weighted by atomic mass is 32.1. The van der Waals surface area contributed by atoms with Crippen LogP contribution in [0.1, 0.15) is 41.1 Å². The van der Waals surface area contributed by atoms with Crippen LogP contribution in [0, 0.1) is 6.92 Å². The van der Waals surface area contributed by atoms with Gasteiger partial charge in [0.25, 0.3) is 0 Å². The van der Waals surface area contributed by atoms with Crippen LogP contribution in [0.2, 0.25) is 0 Å². The van der Waals surface area contributed by atoms with Gasteiger partial charge in [-0.1, -0.05) is 36.2 Å².